The summed E-state index contributed by atoms with van der Waals surface area (Å²) in [6.45, 7) is 0. The summed E-state index contributed by atoms with van der Waals surface area (Å²) < 4.78 is 0. The molecule has 0 amide bonds. The van der Waals surface area contributed by atoms with Gasteiger partial charge in [0.05, 0.1) is 0 Å². The second-order valence-corrected chi connectivity index (χ2v) is 5.40. The average Bonchev–Trinajstić information content (AvgIpc) is 2.36. The molecule has 0 aromatic heterocycles. The molecule has 86 valence electrons. The quantitative estimate of drug-likeness (QED) is 0.350. The lowest BCUT2D eigenvalue weighted by atomic mass is 9.94. The molecule has 0 atom stereocenters. The van der Waals surface area contributed by atoms with E-state index >= 15 is 0 Å². The van der Waals surface area contributed by atoms with Gasteiger partial charge in [-0.2, -0.15) is 0 Å². The van der Waals surface area contributed by atoms with Gasteiger partial charge in [-0.05, 0) is 45.1 Å². The predicted molar refractivity (Wildman–Crippen MR) is 80.2 cm³/mol. The molecular formula is C16H8Cl2. The van der Waals surface area contributed by atoms with Crippen LogP contribution in [0.15, 0.2) is 48.5 Å². The Morgan fingerprint density at radius 1 is 0.667 bits per heavy atom. The summed E-state index contributed by atoms with van der Waals surface area (Å²) in [5, 5.41) is 8.55. The van der Waals surface area contributed by atoms with Gasteiger partial charge in [-0.25, -0.2) is 0 Å². The summed E-state index contributed by atoms with van der Waals surface area (Å²) in [4.78, 5) is 0. The first-order valence-electron chi connectivity index (χ1n) is 5.76. The van der Waals surface area contributed by atoms with Crippen molar-refractivity contribution in [1.82, 2.24) is 0 Å². The molecule has 0 spiro atoms. The molecule has 0 heterocycles. The fraction of sp³-hybridized carbons (Fsp3) is 0. The normalized spacial score (nSPS) is 11.9. The minimum absolute atomic E-state index is 0.725. The zero-order valence-electron chi connectivity index (χ0n) is 9.37. The van der Waals surface area contributed by atoms with Crippen molar-refractivity contribution in [3.05, 3.63) is 58.6 Å². The standard InChI is InChI=1S/C16H8Cl2/c17-12-6-11-5-4-9-2-1-3-10-7-14(18)13(8-12)16(11)15(9)10/h1-8H. The summed E-state index contributed by atoms with van der Waals surface area (Å²) in [5.41, 5.74) is 0. The Morgan fingerprint density at radius 2 is 1.39 bits per heavy atom. The lowest BCUT2D eigenvalue weighted by molar-refractivity contribution is 1.78. The van der Waals surface area contributed by atoms with Gasteiger partial charge >= 0.3 is 0 Å². The molecule has 4 aromatic rings. The van der Waals surface area contributed by atoms with Gasteiger partial charge in [-0.1, -0.05) is 53.5 Å². The van der Waals surface area contributed by atoms with E-state index in [9.17, 15) is 0 Å². The van der Waals surface area contributed by atoms with Crippen LogP contribution in [-0.2, 0) is 0 Å². The maximum Gasteiger partial charge on any atom is 0.0491 e. The van der Waals surface area contributed by atoms with Gasteiger partial charge in [-0.3, -0.25) is 0 Å². The van der Waals surface area contributed by atoms with E-state index in [-0.39, 0.29) is 0 Å². The molecule has 0 radical (unpaired) electrons. The number of rotatable bonds is 0. The molecule has 0 N–H and O–H groups in total. The lowest BCUT2D eigenvalue weighted by Gasteiger charge is -2.12. The van der Waals surface area contributed by atoms with Crippen molar-refractivity contribution in [1.29, 1.82) is 0 Å². The molecule has 0 saturated carbocycles. The third kappa shape index (κ3) is 1.28. The van der Waals surface area contributed by atoms with Crippen LogP contribution in [0.25, 0.3) is 32.3 Å². The highest BCUT2D eigenvalue weighted by Crippen LogP contribution is 2.39. The topological polar surface area (TPSA) is 0 Å². The molecule has 0 aliphatic heterocycles. The maximum atomic E-state index is 6.37. The Morgan fingerprint density at radius 3 is 2.28 bits per heavy atom. The van der Waals surface area contributed by atoms with Crippen molar-refractivity contribution in [2.24, 2.45) is 0 Å². The molecule has 4 rings (SSSR count). The van der Waals surface area contributed by atoms with Gasteiger partial charge < -0.3 is 0 Å². The first-order chi connectivity index (χ1) is 8.74. The Bertz CT molecular complexity index is 894. The number of hydrogen-bond acceptors (Lipinski definition) is 0. The Kier molecular flexibility index (Phi) is 2.03. The van der Waals surface area contributed by atoms with Gasteiger partial charge in [0.15, 0.2) is 0 Å². The summed E-state index contributed by atoms with van der Waals surface area (Å²) >= 11 is 12.5. The monoisotopic (exact) mass is 270 g/mol. The molecule has 0 bridgehead atoms. The zero-order chi connectivity index (χ0) is 12.3. The van der Waals surface area contributed by atoms with E-state index in [1.165, 1.54) is 21.5 Å². The lowest BCUT2D eigenvalue weighted by Crippen LogP contribution is -1.84. The summed E-state index contributed by atoms with van der Waals surface area (Å²) in [5.74, 6) is 0. The first kappa shape index (κ1) is 10.4. The SMILES string of the molecule is Clc1cc2ccc3cccc4cc(Cl)c(c1)c2c34. The van der Waals surface area contributed by atoms with Gasteiger partial charge in [0, 0.05) is 15.4 Å². The maximum absolute atomic E-state index is 6.37. The predicted octanol–water partition coefficient (Wildman–Crippen LogP) is 5.89. The molecular weight excluding hydrogens is 263 g/mol. The zero-order valence-corrected chi connectivity index (χ0v) is 10.9. The first-order valence-corrected chi connectivity index (χ1v) is 6.52. The van der Waals surface area contributed by atoms with Crippen molar-refractivity contribution in [3.8, 4) is 0 Å². The van der Waals surface area contributed by atoms with E-state index in [1.807, 2.05) is 18.2 Å². The molecule has 0 nitrogen and oxygen atoms in total. The van der Waals surface area contributed by atoms with Crippen molar-refractivity contribution in [2.75, 3.05) is 0 Å². The van der Waals surface area contributed by atoms with Crippen LogP contribution in [0.4, 0.5) is 0 Å². The second-order valence-electron chi connectivity index (χ2n) is 4.55. The van der Waals surface area contributed by atoms with E-state index in [0.29, 0.717) is 0 Å². The van der Waals surface area contributed by atoms with Crippen molar-refractivity contribution in [3.63, 3.8) is 0 Å². The highest BCUT2D eigenvalue weighted by Gasteiger charge is 2.11. The minimum atomic E-state index is 0.725. The fourth-order valence-electron chi connectivity index (χ4n) is 2.76. The van der Waals surface area contributed by atoms with Crippen LogP contribution in [0.2, 0.25) is 10.0 Å². The van der Waals surface area contributed by atoms with E-state index in [2.05, 4.69) is 30.3 Å². The number of hydrogen-bond donors (Lipinski definition) is 0. The van der Waals surface area contributed by atoms with Gasteiger partial charge in [0.2, 0.25) is 0 Å². The Hall–Kier alpha value is -1.50. The van der Waals surface area contributed by atoms with Crippen molar-refractivity contribution in [2.45, 2.75) is 0 Å². The van der Waals surface area contributed by atoms with E-state index in [4.69, 9.17) is 23.2 Å². The van der Waals surface area contributed by atoms with Crippen LogP contribution in [0, 0.1) is 0 Å². The third-order valence-corrected chi connectivity index (χ3v) is 4.03. The van der Waals surface area contributed by atoms with E-state index in [0.717, 1.165) is 20.8 Å². The molecule has 4 aromatic carbocycles. The van der Waals surface area contributed by atoms with Crippen LogP contribution in [0.3, 0.4) is 0 Å². The van der Waals surface area contributed by atoms with E-state index in [1.54, 1.807) is 0 Å². The molecule has 18 heavy (non-hydrogen) atoms. The second kappa shape index (κ2) is 3.50. The summed E-state index contributed by atoms with van der Waals surface area (Å²) in [6, 6.07) is 16.5. The largest absolute Gasteiger partial charge is 0.0843 e. The molecule has 0 aliphatic carbocycles. The van der Waals surface area contributed by atoms with Gasteiger partial charge in [0.1, 0.15) is 0 Å². The van der Waals surface area contributed by atoms with Crippen LogP contribution >= 0.6 is 23.2 Å². The van der Waals surface area contributed by atoms with Gasteiger partial charge in [-0.15, -0.1) is 0 Å². The molecule has 2 heteroatoms. The highest BCUT2D eigenvalue weighted by atomic mass is 35.5. The highest BCUT2D eigenvalue weighted by molar-refractivity contribution is 6.41. The van der Waals surface area contributed by atoms with Crippen molar-refractivity contribution >= 4 is 55.5 Å². The number of halogens is 2. The van der Waals surface area contributed by atoms with Crippen LogP contribution in [-0.4, -0.2) is 0 Å². The summed E-state index contributed by atoms with van der Waals surface area (Å²) in [7, 11) is 0. The fourth-order valence-corrected chi connectivity index (χ4v) is 3.25. The molecule has 0 aliphatic rings. The minimum Gasteiger partial charge on any atom is -0.0843 e. The Labute approximate surface area is 114 Å². The van der Waals surface area contributed by atoms with E-state index < -0.39 is 0 Å². The van der Waals surface area contributed by atoms with Crippen LogP contribution in [0.5, 0.6) is 0 Å². The van der Waals surface area contributed by atoms with Crippen LogP contribution in [0.1, 0.15) is 0 Å². The molecule has 0 fully saturated rings. The average molecular weight is 271 g/mol. The molecule has 0 unspecified atom stereocenters. The smallest absolute Gasteiger partial charge is 0.0491 e. The van der Waals surface area contributed by atoms with Crippen molar-refractivity contribution < 1.29 is 0 Å². The number of benzene rings is 4. The van der Waals surface area contributed by atoms with Crippen LogP contribution < -0.4 is 0 Å². The molecule has 0 saturated heterocycles. The summed E-state index contributed by atoms with van der Waals surface area (Å²) in [6.07, 6.45) is 0. The Balaban J connectivity index is 2.47. The third-order valence-electron chi connectivity index (χ3n) is 3.49. The van der Waals surface area contributed by atoms with Gasteiger partial charge in [0.25, 0.3) is 0 Å².